The van der Waals surface area contributed by atoms with Gasteiger partial charge in [-0.05, 0) is 25.0 Å². The molecule has 1 aromatic rings. The molecule has 0 radical (unpaired) electrons. The Morgan fingerprint density at radius 3 is 2.08 bits per heavy atom. The minimum Gasteiger partial charge on any atom is -0.413 e. The summed E-state index contributed by atoms with van der Waals surface area (Å²) in [5.41, 5.74) is -0.732. The fourth-order valence-electron chi connectivity index (χ4n) is 2.30. The lowest BCUT2D eigenvalue weighted by molar-refractivity contribution is -0.206. The molecule has 0 N–H and O–H groups in total. The normalized spacial score (nSPS) is 17.4. The molecule has 0 spiro atoms. The van der Waals surface area contributed by atoms with E-state index in [1.165, 1.54) is 24.3 Å². The maximum absolute atomic E-state index is 13.1. The predicted molar refractivity (Wildman–Crippen MR) is 71.9 cm³/mol. The van der Waals surface area contributed by atoms with Gasteiger partial charge in [-0.2, -0.15) is 26.3 Å². The van der Waals surface area contributed by atoms with Gasteiger partial charge in [0.1, 0.15) is 0 Å². The highest BCUT2D eigenvalue weighted by Crippen LogP contribution is 2.37. The van der Waals surface area contributed by atoms with Crippen LogP contribution in [-0.2, 0) is 9.53 Å². The molecule has 25 heavy (non-hydrogen) atoms. The van der Waals surface area contributed by atoms with Crippen molar-refractivity contribution in [2.75, 3.05) is 6.54 Å². The molecule has 0 aliphatic carbocycles. The van der Waals surface area contributed by atoms with Crippen LogP contribution in [0.2, 0.25) is 0 Å². The Morgan fingerprint density at radius 2 is 1.56 bits per heavy atom. The van der Waals surface area contributed by atoms with Gasteiger partial charge in [0.25, 0.3) is 5.91 Å². The molecule has 1 saturated heterocycles. The Hall–Kier alpha value is -2.52. The van der Waals surface area contributed by atoms with Crippen LogP contribution in [0.4, 0.5) is 26.3 Å². The number of nitrogens with zero attached hydrogens (tertiary/aromatic N) is 1. The number of ether oxygens (including phenoxy) is 1. The molecular weight excluding hydrogens is 356 g/mol. The lowest BCUT2D eigenvalue weighted by atomic mass is 10.2. The summed E-state index contributed by atoms with van der Waals surface area (Å²) in [5.74, 6) is -5.93. The number of likely N-dealkylation sites (tertiary alicyclic amines) is 1. The summed E-state index contributed by atoms with van der Waals surface area (Å²) in [5, 5.41) is 0. The molecule has 0 bridgehead atoms. The second kappa shape index (κ2) is 6.77. The number of allylic oxidation sites excluding steroid dienone is 2. The van der Waals surface area contributed by atoms with E-state index in [-0.39, 0.29) is 24.9 Å². The number of hydrogen-bond acceptors (Lipinski definition) is 3. The zero-order valence-corrected chi connectivity index (χ0v) is 12.4. The lowest BCUT2D eigenvalue weighted by Crippen LogP contribution is -2.33. The average molecular weight is 367 g/mol. The molecule has 1 aromatic carbocycles. The van der Waals surface area contributed by atoms with Crippen molar-refractivity contribution in [2.24, 2.45) is 0 Å². The van der Waals surface area contributed by atoms with Gasteiger partial charge < -0.3 is 9.64 Å². The van der Waals surface area contributed by atoms with Crippen LogP contribution in [0.1, 0.15) is 23.2 Å². The summed E-state index contributed by atoms with van der Waals surface area (Å²) in [6.45, 7) is -0.133. The third kappa shape index (κ3) is 4.31. The molecule has 1 aliphatic rings. The van der Waals surface area contributed by atoms with Gasteiger partial charge in [0.05, 0.1) is 5.70 Å². The number of halogens is 6. The zero-order chi connectivity index (χ0) is 18.8. The Labute approximate surface area is 137 Å². The number of hydrogen-bond donors (Lipinski definition) is 0. The van der Waals surface area contributed by atoms with Gasteiger partial charge in [0.2, 0.25) is 5.76 Å². The second-order valence-corrected chi connectivity index (χ2v) is 5.09. The standard InChI is InChI=1S/C15H11F6NO3/c16-14(17,18)11(25-13(24)15(19,20)21)10-7-4-8-22(10)12(23)9-5-2-1-3-6-9/h1-3,5-6H,4,7-8H2/b11-10-. The number of carbonyl (C=O) groups excluding carboxylic acids is 2. The summed E-state index contributed by atoms with van der Waals surface area (Å²) >= 11 is 0. The van der Waals surface area contributed by atoms with Crippen molar-refractivity contribution in [3.05, 3.63) is 47.4 Å². The van der Waals surface area contributed by atoms with Crippen LogP contribution in [0.3, 0.4) is 0 Å². The smallest absolute Gasteiger partial charge is 0.413 e. The third-order valence-corrected chi connectivity index (χ3v) is 3.33. The van der Waals surface area contributed by atoms with Crippen molar-refractivity contribution < 1.29 is 40.7 Å². The van der Waals surface area contributed by atoms with Crippen molar-refractivity contribution >= 4 is 11.9 Å². The number of amides is 1. The maximum atomic E-state index is 13.1. The molecule has 4 nitrogen and oxygen atoms in total. The van der Waals surface area contributed by atoms with Gasteiger partial charge in [-0.3, -0.25) is 4.79 Å². The molecule has 0 aromatic heterocycles. The zero-order valence-electron chi connectivity index (χ0n) is 12.4. The van der Waals surface area contributed by atoms with E-state index >= 15 is 0 Å². The van der Waals surface area contributed by atoms with Gasteiger partial charge in [0.15, 0.2) is 0 Å². The van der Waals surface area contributed by atoms with Crippen molar-refractivity contribution in [1.29, 1.82) is 0 Å². The van der Waals surface area contributed by atoms with Crippen LogP contribution in [0, 0.1) is 0 Å². The number of carbonyl (C=O) groups is 2. The van der Waals surface area contributed by atoms with Gasteiger partial charge in [-0.1, -0.05) is 18.2 Å². The molecule has 2 rings (SSSR count). The van der Waals surface area contributed by atoms with Crippen molar-refractivity contribution in [2.45, 2.75) is 25.2 Å². The van der Waals surface area contributed by atoms with Crippen LogP contribution < -0.4 is 0 Å². The fraction of sp³-hybridized carbons (Fsp3) is 0.333. The summed E-state index contributed by atoms with van der Waals surface area (Å²) in [6, 6.07) is 7.27. The van der Waals surface area contributed by atoms with E-state index < -0.39 is 35.7 Å². The fourth-order valence-corrected chi connectivity index (χ4v) is 2.30. The van der Waals surface area contributed by atoms with Crippen LogP contribution in [0.5, 0.6) is 0 Å². The molecular formula is C15H11F6NO3. The minimum absolute atomic E-state index is 0.0607. The Kier molecular flexibility index (Phi) is 5.09. The first-order chi connectivity index (χ1) is 11.5. The molecule has 136 valence electrons. The number of rotatable bonds is 2. The van der Waals surface area contributed by atoms with Crippen molar-refractivity contribution in [3.8, 4) is 0 Å². The molecule has 1 amide bonds. The monoisotopic (exact) mass is 367 g/mol. The van der Waals surface area contributed by atoms with E-state index in [1.54, 1.807) is 6.07 Å². The summed E-state index contributed by atoms with van der Waals surface area (Å²) in [4.78, 5) is 23.9. The van der Waals surface area contributed by atoms with Crippen LogP contribution in [0.25, 0.3) is 0 Å². The highest BCUT2D eigenvalue weighted by atomic mass is 19.4. The van der Waals surface area contributed by atoms with Gasteiger partial charge >= 0.3 is 18.3 Å². The van der Waals surface area contributed by atoms with Gasteiger partial charge in [0, 0.05) is 12.1 Å². The van der Waals surface area contributed by atoms with E-state index in [9.17, 15) is 35.9 Å². The molecule has 1 heterocycles. The molecule has 0 atom stereocenters. The highest BCUT2D eigenvalue weighted by molar-refractivity contribution is 5.95. The molecule has 1 fully saturated rings. The van der Waals surface area contributed by atoms with E-state index in [0.717, 1.165) is 0 Å². The number of esters is 1. The number of benzene rings is 1. The third-order valence-electron chi connectivity index (χ3n) is 3.33. The quantitative estimate of drug-likeness (QED) is 0.454. The Balaban J connectivity index is 2.42. The molecule has 0 saturated carbocycles. The summed E-state index contributed by atoms with van der Waals surface area (Å²) in [6.07, 6.45) is -11.2. The topological polar surface area (TPSA) is 46.6 Å². The van der Waals surface area contributed by atoms with E-state index in [4.69, 9.17) is 0 Å². The lowest BCUT2D eigenvalue weighted by Gasteiger charge is -2.22. The first-order valence-corrected chi connectivity index (χ1v) is 6.98. The SMILES string of the molecule is O=C(c1ccccc1)N1CCC/C1=C(/OC(=O)C(F)(F)F)C(F)(F)F. The van der Waals surface area contributed by atoms with Crippen LogP contribution in [0.15, 0.2) is 41.8 Å². The minimum atomic E-state index is -5.59. The van der Waals surface area contributed by atoms with E-state index in [2.05, 4.69) is 4.74 Å². The number of alkyl halides is 6. The molecule has 0 unspecified atom stereocenters. The van der Waals surface area contributed by atoms with E-state index in [1.807, 2.05) is 0 Å². The maximum Gasteiger partial charge on any atom is 0.491 e. The predicted octanol–water partition coefficient (Wildman–Crippen LogP) is 3.80. The molecule has 10 heteroatoms. The Bertz CT molecular complexity index is 693. The largest absolute Gasteiger partial charge is 0.491 e. The summed E-state index contributed by atoms with van der Waals surface area (Å²) in [7, 11) is 0. The highest BCUT2D eigenvalue weighted by Gasteiger charge is 2.49. The second-order valence-electron chi connectivity index (χ2n) is 5.09. The van der Waals surface area contributed by atoms with E-state index in [0.29, 0.717) is 4.90 Å². The summed E-state index contributed by atoms with van der Waals surface area (Å²) < 4.78 is 79.7. The first kappa shape index (κ1) is 18.8. The van der Waals surface area contributed by atoms with Crippen LogP contribution >= 0.6 is 0 Å². The average Bonchev–Trinajstić information content (AvgIpc) is 2.99. The van der Waals surface area contributed by atoms with Crippen molar-refractivity contribution in [1.82, 2.24) is 4.90 Å². The molecule has 1 aliphatic heterocycles. The Morgan fingerprint density at radius 1 is 0.960 bits per heavy atom. The first-order valence-electron chi connectivity index (χ1n) is 6.98. The van der Waals surface area contributed by atoms with Crippen molar-refractivity contribution in [3.63, 3.8) is 0 Å². The van der Waals surface area contributed by atoms with Crippen LogP contribution in [-0.4, -0.2) is 35.7 Å². The van der Waals surface area contributed by atoms with Gasteiger partial charge in [-0.15, -0.1) is 0 Å². The van der Waals surface area contributed by atoms with Gasteiger partial charge in [-0.25, -0.2) is 4.79 Å².